The summed E-state index contributed by atoms with van der Waals surface area (Å²) < 4.78 is 14.0. The minimum absolute atomic E-state index is 0.0716. The molecule has 0 atom stereocenters. The number of hydrogen-bond acceptors (Lipinski definition) is 4. The number of amides is 4. The van der Waals surface area contributed by atoms with Crippen LogP contribution in [0.25, 0.3) is 0 Å². The molecule has 2 aliphatic heterocycles. The van der Waals surface area contributed by atoms with E-state index in [9.17, 15) is 23.6 Å². The van der Waals surface area contributed by atoms with E-state index in [1.807, 2.05) is 0 Å². The fourth-order valence-corrected chi connectivity index (χ4v) is 4.25. The van der Waals surface area contributed by atoms with Crippen molar-refractivity contribution in [3.05, 3.63) is 64.4 Å². The van der Waals surface area contributed by atoms with Crippen molar-refractivity contribution >= 4 is 40.9 Å². The molecule has 2 aliphatic rings. The minimum atomic E-state index is -0.643. The summed E-state index contributed by atoms with van der Waals surface area (Å²) in [6.07, 6.45) is 1.35. The molecule has 0 saturated carbocycles. The zero-order valence-electron chi connectivity index (χ0n) is 18.4. The second-order valence-electron chi connectivity index (χ2n) is 8.18. The highest BCUT2D eigenvalue weighted by Crippen LogP contribution is 2.21. The largest absolute Gasteiger partial charge is 0.343 e. The highest BCUT2D eigenvalue weighted by molar-refractivity contribution is 6.31. The van der Waals surface area contributed by atoms with Gasteiger partial charge in [-0.15, -0.1) is 0 Å². The lowest BCUT2D eigenvalue weighted by Crippen LogP contribution is -2.52. The summed E-state index contributed by atoms with van der Waals surface area (Å²) in [4.78, 5) is 54.1. The molecule has 2 heterocycles. The Bertz CT molecular complexity index is 1120. The lowest BCUT2D eigenvalue weighted by molar-refractivity contribution is -0.131. The van der Waals surface area contributed by atoms with Gasteiger partial charge >= 0.3 is 0 Å². The van der Waals surface area contributed by atoms with Crippen molar-refractivity contribution < 1.29 is 23.6 Å². The van der Waals surface area contributed by atoms with Crippen molar-refractivity contribution in [3.63, 3.8) is 0 Å². The molecular weight excluding hydrogens is 463 g/mol. The Balaban J connectivity index is 1.25. The molecule has 0 radical (unpaired) electrons. The molecule has 2 saturated heterocycles. The molecule has 2 aromatic rings. The van der Waals surface area contributed by atoms with Gasteiger partial charge in [0.2, 0.25) is 11.8 Å². The van der Waals surface area contributed by atoms with Gasteiger partial charge in [-0.2, -0.15) is 0 Å². The number of nitrogens with zero attached hydrogens (tertiary/aromatic N) is 3. The highest BCUT2D eigenvalue weighted by Gasteiger charge is 2.27. The smallest absolute Gasteiger partial charge is 0.257 e. The van der Waals surface area contributed by atoms with E-state index in [2.05, 4.69) is 5.32 Å². The Labute approximate surface area is 201 Å². The van der Waals surface area contributed by atoms with Crippen molar-refractivity contribution in [1.82, 2.24) is 15.1 Å². The number of anilines is 1. The van der Waals surface area contributed by atoms with Crippen LogP contribution >= 0.6 is 11.6 Å². The molecule has 4 amide bonds. The van der Waals surface area contributed by atoms with Crippen LogP contribution < -0.4 is 10.2 Å². The molecule has 10 heteroatoms. The van der Waals surface area contributed by atoms with Gasteiger partial charge < -0.3 is 20.0 Å². The van der Waals surface area contributed by atoms with E-state index in [0.29, 0.717) is 18.5 Å². The van der Waals surface area contributed by atoms with Gasteiger partial charge in [0.05, 0.1) is 12.1 Å². The van der Waals surface area contributed by atoms with E-state index in [4.69, 9.17) is 11.6 Å². The third-order valence-corrected chi connectivity index (χ3v) is 6.23. The minimum Gasteiger partial charge on any atom is -0.343 e. The maximum atomic E-state index is 14.0. The van der Waals surface area contributed by atoms with Crippen molar-refractivity contribution in [2.24, 2.45) is 0 Å². The van der Waals surface area contributed by atoms with Crippen molar-refractivity contribution in [2.75, 3.05) is 44.2 Å². The first-order chi connectivity index (χ1) is 16.3. The van der Waals surface area contributed by atoms with Crippen molar-refractivity contribution in [2.45, 2.75) is 12.8 Å². The Hall–Kier alpha value is -3.46. The predicted molar refractivity (Wildman–Crippen MR) is 124 cm³/mol. The topological polar surface area (TPSA) is 90.0 Å². The summed E-state index contributed by atoms with van der Waals surface area (Å²) in [5.41, 5.74) is 1.04. The van der Waals surface area contributed by atoms with Gasteiger partial charge in [-0.3, -0.25) is 19.2 Å². The van der Waals surface area contributed by atoms with Crippen LogP contribution in [0.4, 0.5) is 10.1 Å². The number of nitrogens with one attached hydrogen (secondary N) is 1. The van der Waals surface area contributed by atoms with Crippen LogP contribution in [-0.4, -0.2) is 72.7 Å². The average Bonchev–Trinajstić information content (AvgIpc) is 3.29. The molecular formula is C24H24ClFN4O4. The van der Waals surface area contributed by atoms with Crippen LogP contribution in [0.5, 0.6) is 0 Å². The summed E-state index contributed by atoms with van der Waals surface area (Å²) >= 11 is 5.87. The molecule has 178 valence electrons. The Kier molecular flexibility index (Phi) is 7.12. The van der Waals surface area contributed by atoms with Crippen molar-refractivity contribution in [1.29, 1.82) is 0 Å². The summed E-state index contributed by atoms with van der Waals surface area (Å²) in [6.45, 7) is 1.55. The number of carbonyl (C=O) groups is 4. The molecule has 2 aromatic carbocycles. The van der Waals surface area contributed by atoms with Crippen LogP contribution in [0, 0.1) is 5.82 Å². The lowest BCUT2D eigenvalue weighted by Gasteiger charge is -2.35. The fraction of sp³-hybridized carbons (Fsp3) is 0.333. The Morgan fingerprint density at radius 3 is 2.26 bits per heavy atom. The van der Waals surface area contributed by atoms with Gasteiger partial charge in [0.1, 0.15) is 5.82 Å². The van der Waals surface area contributed by atoms with E-state index in [-0.39, 0.29) is 55.1 Å². The molecule has 0 unspecified atom stereocenters. The van der Waals surface area contributed by atoms with Crippen LogP contribution in [-0.2, 0) is 9.59 Å². The molecule has 8 nitrogen and oxygen atoms in total. The molecule has 0 bridgehead atoms. The summed E-state index contributed by atoms with van der Waals surface area (Å²) in [5, 5.41) is 2.88. The first kappa shape index (κ1) is 23.7. The number of piperazine rings is 1. The van der Waals surface area contributed by atoms with E-state index in [0.717, 1.165) is 18.2 Å². The monoisotopic (exact) mass is 486 g/mol. The van der Waals surface area contributed by atoms with E-state index >= 15 is 0 Å². The van der Waals surface area contributed by atoms with Gasteiger partial charge in [0.15, 0.2) is 0 Å². The second kappa shape index (κ2) is 10.2. The van der Waals surface area contributed by atoms with Crippen LogP contribution in [0.2, 0.25) is 5.02 Å². The number of carbonyl (C=O) groups excluding carboxylic acids is 4. The first-order valence-corrected chi connectivity index (χ1v) is 11.4. The van der Waals surface area contributed by atoms with Crippen LogP contribution in [0.15, 0.2) is 42.5 Å². The van der Waals surface area contributed by atoms with E-state index in [1.165, 1.54) is 17.0 Å². The molecule has 0 aliphatic carbocycles. The first-order valence-electron chi connectivity index (χ1n) is 11.0. The van der Waals surface area contributed by atoms with Gasteiger partial charge in [-0.25, -0.2) is 4.39 Å². The predicted octanol–water partition coefficient (Wildman–Crippen LogP) is 2.32. The molecule has 34 heavy (non-hydrogen) atoms. The van der Waals surface area contributed by atoms with E-state index in [1.54, 1.807) is 34.1 Å². The van der Waals surface area contributed by atoms with Gasteiger partial charge in [0, 0.05) is 55.4 Å². The number of hydrogen-bond donors (Lipinski definition) is 1. The van der Waals surface area contributed by atoms with Gasteiger partial charge in [-0.05, 0) is 48.9 Å². The summed E-state index contributed by atoms with van der Waals surface area (Å²) in [6, 6.07) is 10.5. The second-order valence-corrected chi connectivity index (χ2v) is 8.61. The SMILES string of the molecule is O=C(NCC(=O)N1CCN(C(=O)c2cc(Cl)ccc2F)CC1)c1ccc(N2CCCC2=O)cc1. The quantitative estimate of drug-likeness (QED) is 0.702. The maximum Gasteiger partial charge on any atom is 0.257 e. The lowest BCUT2D eigenvalue weighted by atomic mass is 10.1. The third-order valence-electron chi connectivity index (χ3n) is 5.99. The number of halogens is 2. The molecule has 4 rings (SSSR count). The van der Waals surface area contributed by atoms with Crippen LogP contribution in [0.3, 0.4) is 0 Å². The van der Waals surface area contributed by atoms with E-state index < -0.39 is 17.6 Å². The van der Waals surface area contributed by atoms with Crippen molar-refractivity contribution in [3.8, 4) is 0 Å². The Morgan fingerprint density at radius 2 is 1.62 bits per heavy atom. The summed E-state index contributed by atoms with van der Waals surface area (Å²) in [7, 11) is 0. The number of rotatable bonds is 5. The normalized spacial score (nSPS) is 16.1. The third kappa shape index (κ3) is 5.20. The summed E-state index contributed by atoms with van der Waals surface area (Å²) in [5.74, 6) is -1.70. The molecule has 2 fully saturated rings. The average molecular weight is 487 g/mol. The molecule has 0 aromatic heterocycles. The standard InChI is InChI=1S/C24H24ClFN4O4/c25-17-5-8-20(26)19(14-17)24(34)29-12-10-28(11-13-29)22(32)15-27-23(33)16-3-6-18(7-4-16)30-9-1-2-21(30)31/h3-8,14H,1-2,9-13,15H2,(H,27,33). The number of benzene rings is 2. The maximum absolute atomic E-state index is 14.0. The fourth-order valence-electron chi connectivity index (χ4n) is 4.07. The molecule has 0 spiro atoms. The van der Waals surface area contributed by atoms with Gasteiger partial charge in [-0.1, -0.05) is 11.6 Å². The highest BCUT2D eigenvalue weighted by atomic mass is 35.5. The zero-order chi connectivity index (χ0) is 24.2. The van der Waals surface area contributed by atoms with Gasteiger partial charge in [0.25, 0.3) is 11.8 Å². The Morgan fingerprint density at radius 1 is 0.941 bits per heavy atom. The molecule has 1 N–H and O–H groups in total. The van der Waals surface area contributed by atoms with Crippen LogP contribution in [0.1, 0.15) is 33.6 Å². The zero-order valence-corrected chi connectivity index (χ0v) is 19.2.